The van der Waals surface area contributed by atoms with Gasteiger partial charge in [-0.1, -0.05) is 30.4 Å². The highest BCUT2D eigenvalue weighted by molar-refractivity contribution is 5.88. The van der Waals surface area contributed by atoms with Crippen LogP contribution in [-0.4, -0.2) is 30.6 Å². The van der Waals surface area contributed by atoms with E-state index in [4.69, 9.17) is 0 Å². The van der Waals surface area contributed by atoms with E-state index in [9.17, 15) is 4.79 Å². The summed E-state index contributed by atoms with van der Waals surface area (Å²) < 4.78 is 3.55. The van der Waals surface area contributed by atoms with Crippen molar-refractivity contribution in [3.05, 3.63) is 66.9 Å². The SMILES string of the molecule is O=C(NCc1ccccc1-n1cncn1)Nc1ccnn1C[C@H]1CC=CCC1. The third kappa shape index (κ3) is 4.28. The number of hydrogen-bond acceptors (Lipinski definition) is 4. The molecule has 144 valence electrons. The van der Waals surface area contributed by atoms with Gasteiger partial charge < -0.3 is 5.32 Å². The molecule has 8 nitrogen and oxygen atoms in total. The van der Waals surface area contributed by atoms with Crippen molar-refractivity contribution in [2.24, 2.45) is 5.92 Å². The van der Waals surface area contributed by atoms with E-state index in [2.05, 4.69) is 38.0 Å². The van der Waals surface area contributed by atoms with Crippen LogP contribution in [-0.2, 0) is 13.1 Å². The van der Waals surface area contributed by atoms with Crippen molar-refractivity contribution >= 4 is 11.8 Å². The number of anilines is 1. The number of urea groups is 1. The van der Waals surface area contributed by atoms with Gasteiger partial charge in [0.25, 0.3) is 0 Å². The Morgan fingerprint density at radius 2 is 2.11 bits per heavy atom. The number of allylic oxidation sites excluding steroid dienone is 2. The lowest BCUT2D eigenvalue weighted by Gasteiger charge is -2.19. The van der Waals surface area contributed by atoms with E-state index in [1.165, 1.54) is 6.33 Å². The molecule has 4 rings (SSSR count). The highest BCUT2D eigenvalue weighted by atomic mass is 16.2. The summed E-state index contributed by atoms with van der Waals surface area (Å²) in [6.07, 6.45) is 12.6. The highest BCUT2D eigenvalue weighted by Gasteiger charge is 2.14. The Morgan fingerprint density at radius 3 is 2.93 bits per heavy atom. The molecule has 1 aromatic carbocycles. The lowest BCUT2D eigenvalue weighted by molar-refractivity contribution is 0.251. The number of nitrogens with zero attached hydrogens (tertiary/aromatic N) is 5. The van der Waals surface area contributed by atoms with Crippen LogP contribution in [0, 0.1) is 5.92 Å². The van der Waals surface area contributed by atoms with Crippen LogP contribution >= 0.6 is 0 Å². The van der Waals surface area contributed by atoms with E-state index in [1.807, 2.05) is 35.0 Å². The molecule has 1 atom stereocenters. The second-order valence-electron chi connectivity index (χ2n) is 6.83. The maximum atomic E-state index is 12.4. The molecule has 0 saturated carbocycles. The first-order valence-electron chi connectivity index (χ1n) is 9.44. The van der Waals surface area contributed by atoms with Gasteiger partial charge in [0.05, 0.1) is 11.9 Å². The summed E-state index contributed by atoms with van der Waals surface area (Å²) >= 11 is 0. The number of benzene rings is 1. The topological polar surface area (TPSA) is 89.7 Å². The molecule has 8 heteroatoms. The average Bonchev–Trinajstić information content (AvgIpc) is 3.40. The zero-order chi connectivity index (χ0) is 19.2. The van der Waals surface area contributed by atoms with Crippen LogP contribution < -0.4 is 10.6 Å². The standard InChI is InChI=1S/C20H23N7O/c28-20(22-12-17-8-4-5-9-18(17)27-15-21-14-24-27)25-19-10-11-23-26(19)13-16-6-2-1-3-7-16/h1-2,4-5,8-11,14-16H,3,6-7,12-13H2,(H2,22,25,28)/t16-/m0/s1. The first-order chi connectivity index (χ1) is 13.8. The maximum Gasteiger partial charge on any atom is 0.320 e. The Labute approximate surface area is 163 Å². The summed E-state index contributed by atoms with van der Waals surface area (Å²) in [6.45, 7) is 1.19. The number of amides is 2. The first kappa shape index (κ1) is 18.0. The molecule has 1 aliphatic rings. The first-order valence-corrected chi connectivity index (χ1v) is 9.44. The fourth-order valence-electron chi connectivity index (χ4n) is 3.40. The van der Waals surface area contributed by atoms with Gasteiger partial charge in [-0.25, -0.2) is 19.1 Å². The van der Waals surface area contributed by atoms with Crippen LogP contribution in [0.2, 0.25) is 0 Å². The minimum absolute atomic E-state index is 0.265. The Kier molecular flexibility index (Phi) is 5.46. The Hall–Kier alpha value is -3.42. The van der Waals surface area contributed by atoms with E-state index in [-0.39, 0.29) is 6.03 Å². The van der Waals surface area contributed by atoms with Crippen LogP contribution in [0.25, 0.3) is 5.69 Å². The van der Waals surface area contributed by atoms with Gasteiger partial charge in [0.1, 0.15) is 18.5 Å². The smallest absolute Gasteiger partial charge is 0.320 e. The van der Waals surface area contributed by atoms with Gasteiger partial charge in [-0.15, -0.1) is 0 Å². The largest absolute Gasteiger partial charge is 0.334 e. The predicted molar refractivity (Wildman–Crippen MR) is 106 cm³/mol. The number of carbonyl (C=O) groups is 1. The Balaban J connectivity index is 1.36. The molecule has 0 unspecified atom stereocenters. The minimum Gasteiger partial charge on any atom is -0.334 e. The Bertz CT molecular complexity index is 945. The number of carbonyl (C=O) groups excluding carboxylic acids is 1. The van der Waals surface area contributed by atoms with E-state index >= 15 is 0 Å². The molecule has 0 spiro atoms. The lowest BCUT2D eigenvalue weighted by Crippen LogP contribution is -2.30. The van der Waals surface area contributed by atoms with Gasteiger partial charge >= 0.3 is 6.03 Å². The third-order valence-corrected chi connectivity index (χ3v) is 4.86. The minimum atomic E-state index is -0.265. The van der Waals surface area contributed by atoms with Gasteiger partial charge in [0.15, 0.2) is 0 Å². The fraction of sp³-hybridized carbons (Fsp3) is 0.300. The second-order valence-corrected chi connectivity index (χ2v) is 6.83. The monoisotopic (exact) mass is 377 g/mol. The number of aromatic nitrogens is 5. The number of nitrogens with one attached hydrogen (secondary N) is 2. The molecule has 2 heterocycles. The van der Waals surface area contributed by atoms with Crippen molar-refractivity contribution < 1.29 is 4.79 Å². The second kappa shape index (κ2) is 8.51. The van der Waals surface area contributed by atoms with E-state index < -0.39 is 0 Å². The van der Waals surface area contributed by atoms with Gasteiger partial charge in [-0.3, -0.25) is 5.32 Å². The van der Waals surface area contributed by atoms with Crippen LogP contribution in [0.15, 0.2) is 61.3 Å². The normalized spacial score (nSPS) is 16.1. The van der Waals surface area contributed by atoms with Crippen LogP contribution in [0.5, 0.6) is 0 Å². The summed E-state index contributed by atoms with van der Waals surface area (Å²) in [5.41, 5.74) is 1.83. The van der Waals surface area contributed by atoms with Gasteiger partial charge in [0, 0.05) is 19.2 Å². The molecule has 28 heavy (non-hydrogen) atoms. The molecule has 2 aromatic heterocycles. The molecular formula is C20H23N7O. The van der Waals surface area contributed by atoms with Crippen LogP contribution in [0.1, 0.15) is 24.8 Å². The van der Waals surface area contributed by atoms with Crippen molar-refractivity contribution in [3.63, 3.8) is 0 Å². The van der Waals surface area contributed by atoms with Gasteiger partial charge in [-0.2, -0.15) is 10.2 Å². The van der Waals surface area contributed by atoms with Crippen LogP contribution in [0.3, 0.4) is 0 Å². The summed E-state index contributed by atoms with van der Waals surface area (Å²) in [4.78, 5) is 16.4. The molecule has 0 bridgehead atoms. The molecule has 0 saturated heterocycles. The van der Waals surface area contributed by atoms with Crippen molar-refractivity contribution in [3.8, 4) is 5.69 Å². The Morgan fingerprint density at radius 1 is 1.18 bits per heavy atom. The summed E-state index contributed by atoms with van der Waals surface area (Å²) in [6, 6.07) is 9.32. The van der Waals surface area contributed by atoms with Gasteiger partial charge in [0.2, 0.25) is 0 Å². The third-order valence-electron chi connectivity index (χ3n) is 4.86. The molecular weight excluding hydrogens is 354 g/mol. The molecule has 0 fully saturated rings. The molecule has 2 N–H and O–H groups in total. The van der Waals surface area contributed by atoms with E-state index in [0.717, 1.165) is 37.1 Å². The van der Waals surface area contributed by atoms with Gasteiger partial charge in [-0.05, 0) is 36.8 Å². The zero-order valence-corrected chi connectivity index (χ0v) is 15.5. The number of hydrogen-bond donors (Lipinski definition) is 2. The van der Waals surface area contributed by atoms with Crippen molar-refractivity contribution in [1.29, 1.82) is 0 Å². The average molecular weight is 377 g/mol. The molecule has 2 amide bonds. The van der Waals surface area contributed by atoms with Crippen molar-refractivity contribution in [2.75, 3.05) is 5.32 Å². The maximum absolute atomic E-state index is 12.4. The molecule has 1 aliphatic carbocycles. The number of rotatable bonds is 6. The molecule has 3 aromatic rings. The van der Waals surface area contributed by atoms with Crippen LogP contribution in [0.4, 0.5) is 10.6 Å². The van der Waals surface area contributed by atoms with E-state index in [1.54, 1.807) is 17.2 Å². The zero-order valence-electron chi connectivity index (χ0n) is 15.5. The quantitative estimate of drug-likeness (QED) is 0.646. The van der Waals surface area contributed by atoms with E-state index in [0.29, 0.717) is 18.3 Å². The van der Waals surface area contributed by atoms with Crippen molar-refractivity contribution in [2.45, 2.75) is 32.4 Å². The summed E-state index contributed by atoms with van der Waals surface area (Å²) in [5, 5.41) is 14.3. The molecule has 0 aliphatic heterocycles. The molecule has 0 radical (unpaired) electrons. The van der Waals surface area contributed by atoms with Crippen molar-refractivity contribution in [1.82, 2.24) is 29.9 Å². The highest BCUT2D eigenvalue weighted by Crippen LogP contribution is 2.21. The lowest BCUT2D eigenvalue weighted by atomic mass is 9.94. The number of para-hydroxylation sites is 1. The predicted octanol–water partition coefficient (Wildman–Crippen LogP) is 3.14. The summed E-state index contributed by atoms with van der Waals surface area (Å²) in [7, 11) is 0. The summed E-state index contributed by atoms with van der Waals surface area (Å²) in [5.74, 6) is 1.26. The fourth-order valence-corrected chi connectivity index (χ4v) is 3.40.